The van der Waals surface area contributed by atoms with Crippen molar-refractivity contribution in [3.63, 3.8) is 0 Å². The van der Waals surface area contributed by atoms with Crippen LogP contribution >= 0.6 is 0 Å². The van der Waals surface area contributed by atoms with E-state index in [1.807, 2.05) is 4.90 Å². The van der Waals surface area contributed by atoms with E-state index in [0.29, 0.717) is 6.54 Å². The van der Waals surface area contributed by atoms with Gasteiger partial charge in [-0.1, -0.05) is 0 Å². The number of rotatable bonds is 2. The molecule has 0 aromatic carbocycles. The highest BCUT2D eigenvalue weighted by Gasteiger charge is 2.33. The van der Waals surface area contributed by atoms with Gasteiger partial charge in [-0.2, -0.15) is 0 Å². The molecule has 2 fully saturated rings. The zero-order chi connectivity index (χ0) is 12.3. The van der Waals surface area contributed by atoms with E-state index < -0.39 is 0 Å². The molecule has 17 heavy (non-hydrogen) atoms. The second-order valence-corrected chi connectivity index (χ2v) is 5.04. The number of nitrogens with zero attached hydrogens (tertiary/aromatic N) is 2. The molecule has 0 saturated carbocycles. The minimum Gasteiger partial charge on any atom is -0.364 e. The number of likely N-dealkylation sites (N-methyl/N-ethyl adjacent to an activating group) is 1. The summed E-state index contributed by atoms with van der Waals surface area (Å²) in [5.41, 5.74) is 5.56. The Bertz CT molecular complexity index is 272. The van der Waals surface area contributed by atoms with Gasteiger partial charge in [0.25, 0.3) is 5.91 Å². The Balaban J connectivity index is 1.87. The van der Waals surface area contributed by atoms with Gasteiger partial charge in [-0.05, 0) is 32.9 Å². The summed E-state index contributed by atoms with van der Waals surface area (Å²) in [4.78, 5) is 16.5. The van der Waals surface area contributed by atoms with E-state index in [2.05, 4.69) is 11.9 Å². The zero-order valence-corrected chi connectivity index (χ0v) is 10.6. The van der Waals surface area contributed by atoms with Crippen LogP contribution in [0.25, 0.3) is 0 Å². The van der Waals surface area contributed by atoms with Crippen molar-refractivity contribution in [1.82, 2.24) is 9.80 Å². The molecule has 2 rings (SSSR count). The number of carbonyl (C=O) groups is 1. The molecule has 2 atom stereocenters. The summed E-state index contributed by atoms with van der Waals surface area (Å²) >= 11 is 0. The number of hydrogen-bond acceptors (Lipinski definition) is 4. The second kappa shape index (κ2) is 5.80. The van der Waals surface area contributed by atoms with Crippen LogP contribution in [0, 0.1) is 0 Å². The molecule has 0 bridgehead atoms. The van der Waals surface area contributed by atoms with Gasteiger partial charge in [0, 0.05) is 26.2 Å². The predicted molar refractivity (Wildman–Crippen MR) is 65.6 cm³/mol. The highest BCUT2D eigenvalue weighted by Crippen LogP contribution is 2.21. The van der Waals surface area contributed by atoms with Crippen LogP contribution in [-0.2, 0) is 9.53 Å². The number of nitrogens with two attached hydrogens (primary N) is 1. The van der Waals surface area contributed by atoms with Crippen molar-refractivity contribution < 1.29 is 9.53 Å². The molecular formula is C12H23N3O2. The fourth-order valence-corrected chi connectivity index (χ4v) is 2.53. The maximum Gasteiger partial charge on any atom is 0.251 e. The molecular weight excluding hydrogens is 218 g/mol. The van der Waals surface area contributed by atoms with Crippen molar-refractivity contribution in [2.45, 2.75) is 31.5 Å². The Labute approximate surface area is 103 Å². The van der Waals surface area contributed by atoms with Crippen LogP contribution in [0.1, 0.15) is 19.3 Å². The summed E-state index contributed by atoms with van der Waals surface area (Å²) in [5.74, 6) is 0.163. The number of carbonyl (C=O) groups excluding carboxylic acids is 1. The molecule has 2 heterocycles. The zero-order valence-electron chi connectivity index (χ0n) is 10.6. The summed E-state index contributed by atoms with van der Waals surface area (Å²) in [6, 6.07) is 0. The maximum atomic E-state index is 12.3. The lowest BCUT2D eigenvalue weighted by Crippen LogP contribution is -2.41. The van der Waals surface area contributed by atoms with Crippen LogP contribution in [-0.4, -0.2) is 67.7 Å². The molecule has 0 aromatic heterocycles. The van der Waals surface area contributed by atoms with Gasteiger partial charge in [0.15, 0.2) is 0 Å². The summed E-state index contributed by atoms with van der Waals surface area (Å²) in [7, 11) is 2.10. The van der Waals surface area contributed by atoms with Gasteiger partial charge in [0.2, 0.25) is 0 Å². The maximum absolute atomic E-state index is 12.3. The van der Waals surface area contributed by atoms with Crippen LogP contribution in [0.5, 0.6) is 0 Å². The van der Waals surface area contributed by atoms with Crippen molar-refractivity contribution in [3.8, 4) is 0 Å². The van der Waals surface area contributed by atoms with Crippen molar-refractivity contribution in [2.75, 3.05) is 39.8 Å². The Morgan fingerprint density at radius 3 is 2.82 bits per heavy atom. The molecule has 2 aliphatic heterocycles. The molecule has 0 spiro atoms. The largest absolute Gasteiger partial charge is 0.364 e. The Morgan fingerprint density at radius 2 is 2.12 bits per heavy atom. The highest BCUT2D eigenvalue weighted by atomic mass is 16.5. The van der Waals surface area contributed by atoms with Gasteiger partial charge < -0.3 is 20.3 Å². The number of hydrogen-bond donors (Lipinski definition) is 1. The van der Waals surface area contributed by atoms with Crippen LogP contribution in [0.15, 0.2) is 0 Å². The summed E-state index contributed by atoms with van der Waals surface area (Å²) in [5, 5.41) is 0. The Hall–Kier alpha value is -0.650. The molecule has 2 unspecified atom stereocenters. The molecule has 0 aliphatic carbocycles. The lowest BCUT2D eigenvalue weighted by molar-refractivity contribution is -0.142. The summed E-state index contributed by atoms with van der Waals surface area (Å²) < 4.78 is 5.66. The third-order valence-electron chi connectivity index (χ3n) is 3.68. The highest BCUT2D eigenvalue weighted by molar-refractivity contribution is 5.81. The van der Waals surface area contributed by atoms with Crippen LogP contribution in [0.4, 0.5) is 0 Å². The molecule has 5 nitrogen and oxygen atoms in total. The molecule has 0 aromatic rings. The van der Waals surface area contributed by atoms with Crippen molar-refractivity contribution >= 4 is 5.91 Å². The van der Waals surface area contributed by atoms with Gasteiger partial charge >= 0.3 is 0 Å². The Morgan fingerprint density at radius 1 is 1.29 bits per heavy atom. The first kappa shape index (κ1) is 12.8. The van der Waals surface area contributed by atoms with Gasteiger partial charge in [0.1, 0.15) is 6.10 Å². The third kappa shape index (κ3) is 3.18. The smallest absolute Gasteiger partial charge is 0.251 e. The van der Waals surface area contributed by atoms with E-state index in [-0.39, 0.29) is 18.1 Å². The first-order valence-electron chi connectivity index (χ1n) is 6.53. The van der Waals surface area contributed by atoms with Crippen LogP contribution < -0.4 is 5.73 Å². The standard InChI is InChI=1S/C12H23N3O2/c1-14-5-2-6-15(8-7-14)12(16)11-4-3-10(9-13)17-11/h10-11H,2-9,13H2,1H3. The van der Waals surface area contributed by atoms with Gasteiger partial charge in [0.05, 0.1) is 6.10 Å². The predicted octanol–water partition coefficient (Wildman–Crippen LogP) is -0.343. The minimum atomic E-state index is -0.244. The molecule has 2 saturated heterocycles. The minimum absolute atomic E-state index is 0.0820. The van der Waals surface area contributed by atoms with Gasteiger partial charge in [-0.3, -0.25) is 4.79 Å². The van der Waals surface area contributed by atoms with Gasteiger partial charge in [-0.25, -0.2) is 0 Å². The van der Waals surface area contributed by atoms with E-state index in [1.165, 1.54) is 0 Å². The quantitative estimate of drug-likeness (QED) is 0.718. The van der Waals surface area contributed by atoms with E-state index in [0.717, 1.165) is 45.4 Å². The molecule has 5 heteroatoms. The van der Waals surface area contributed by atoms with Crippen LogP contribution in [0.3, 0.4) is 0 Å². The van der Waals surface area contributed by atoms with Crippen molar-refractivity contribution in [2.24, 2.45) is 5.73 Å². The summed E-state index contributed by atoms with van der Waals surface area (Å²) in [6.07, 6.45) is 2.63. The number of ether oxygens (including phenoxy) is 1. The topological polar surface area (TPSA) is 58.8 Å². The second-order valence-electron chi connectivity index (χ2n) is 5.04. The first-order chi connectivity index (χ1) is 8.20. The van der Waals surface area contributed by atoms with Crippen molar-refractivity contribution in [3.05, 3.63) is 0 Å². The molecule has 2 aliphatic rings. The van der Waals surface area contributed by atoms with E-state index in [4.69, 9.17) is 10.5 Å². The van der Waals surface area contributed by atoms with E-state index in [9.17, 15) is 4.79 Å². The SMILES string of the molecule is CN1CCCN(C(=O)C2CCC(CN)O2)CC1. The average molecular weight is 241 g/mol. The first-order valence-corrected chi connectivity index (χ1v) is 6.53. The number of amides is 1. The molecule has 1 amide bonds. The fraction of sp³-hybridized carbons (Fsp3) is 0.917. The molecule has 0 radical (unpaired) electrons. The van der Waals surface area contributed by atoms with E-state index in [1.54, 1.807) is 0 Å². The van der Waals surface area contributed by atoms with E-state index >= 15 is 0 Å². The average Bonchev–Trinajstić information content (AvgIpc) is 2.71. The normalized spacial score (nSPS) is 31.5. The fourth-order valence-electron chi connectivity index (χ4n) is 2.53. The van der Waals surface area contributed by atoms with Crippen molar-refractivity contribution in [1.29, 1.82) is 0 Å². The Kier molecular flexibility index (Phi) is 4.36. The lowest BCUT2D eigenvalue weighted by atomic mass is 10.2. The molecule has 98 valence electrons. The molecule has 2 N–H and O–H groups in total. The third-order valence-corrected chi connectivity index (χ3v) is 3.68. The van der Waals surface area contributed by atoms with Crippen LogP contribution in [0.2, 0.25) is 0 Å². The van der Waals surface area contributed by atoms with Gasteiger partial charge in [-0.15, -0.1) is 0 Å². The monoisotopic (exact) mass is 241 g/mol. The summed E-state index contributed by atoms with van der Waals surface area (Å²) in [6.45, 7) is 4.23. The lowest BCUT2D eigenvalue weighted by Gasteiger charge is -2.24.